The molecular formula is C15H12BrClO2. The maximum absolute atomic E-state index is 12.0. The summed E-state index contributed by atoms with van der Waals surface area (Å²) in [6.07, 6.45) is 0. The SMILES string of the molecule is Cc1ccc(OCC(=O)c2ccccc2Br)c(Cl)c1. The number of halogens is 2. The van der Waals surface area contributed by atoms with Crippen LogP contribution in [0.1, 0.15) is 15.9 Å². The molecule has 0 aliphatic carbocycles. The van der Waals surface area contributed by atoms with Gasteiger partial charge in [-0.05, 0) is 30.7 Å². The highest BCUT2D eigenvalue weighted by molar-refractivity contribution is 9.10. The molecule has 0 aliphatic rings. The Labute approximate surface area is 125 Å². The van der Waals surface area contributed by atoms with E-state index in [1.54, 1.807) is 18.2 Å². The minimum atomic E-state index is -0.0934. The number of aryl methyl sites for hydroxylation is 1. The second-order valence-corrected chi connectivity index (χ2v) is 5.39. The van der Waals surface area contributed by atoms with E-state index in [0.29, 0.717) is 16.3 Å². The predicted octanol–water partition coefficient (Wildman–Crippen LogP) is 4.67. The van der Waals surface area contributed by atoms with Crippen molar-refractivity contribution in [3.63, 3.8) is 0 Å². The van der Waals surface area contributed by atoms with Crippen molar-refractivity contribution >= 4 is 33.3 Å². The number of ketones is 1. The smallest absolute Gasteiger partial charge is 0.201 e. The average molecular weight is 340 g/mol. The third kappa shape index (κ3) is 3.58. The van der Waals surface area contributed by atoms with Gasteiger partial charge in [0, 0.05) is 10.0 Å². The quantitative estimate of drug-likeness (QED) is 0.757. The number of hydrogen-bond donors (Lipinski definition) is 0. The lowest BCUT2D eigenvalue weighted by Crippen LogP contribution is -2.12. The molecule has 2 nitrogen and oxygen atoms in total. The molecule has 19 heavy (non-hydrogen) atoms. The maximum atomic E-state index is 12.0. The first kappa shape index (κ1) is 14.1. The predicted molar refractivity (Wildman–Crippen MR) is 80.2 cm³/mol. The molecule has 2 aromatic carbocycles. The summed E-state index contributed by atoms with van der Waals surface area (Å²) < 4.78 is 6.22. The molecule has 0 aromatic heterocycles. The van der Waals surface area contributed by atoms with Crippen LogP contribution in [-0.4, -0.2) is 12.4 Å². The molecular weight excluding hydrogens is 328 g/mol. The Kier molecular flexibility index (Phi) is 4.61. The van der Waals surface area contributed by atoms with Gasteiger partial charge in [-0.3, -0.25) is 4.79 Å². The van der Waals surface area contributed by atoms with Crippen LogP contribution in [-0.2, 0) is 0 Å². The largest absolute Gasteiger partial charge is 0.484 e. The molecule has 0 radical (unpaired) electrons. The van der Waals surface area contributed by atoms with Crippen molar-refractivity contribution in [2.24, 2.45) is 0 Å². The first-order valence-electron chi connectivity index (χ1n) is 5.74. The van der Waals surface area contributed by atoms with Crippen LogP contribution in [0.15, 0.2) is 46.9 Å². The first-order valence-corrected chi connectivity index (χ1v) is 6.91. The molecule has 4 heteroatoms. The topological polar surface area (TPSA) is 26.3 Å². The van der Waals surface area contributed by atoms with E-state index in [-0.39, 0.29) is 12.4 Å². The summed E-state index contributed by atoms with van der Waals surface area (Å²) in [6, 6.07) is 12.7. The minimum Gasteiger partial charge on any atom is -0.484 e. The monoisotopic (exact) mass is 338 g/mol. The highest BCUT2D eigenvalue weighted by Crippen LogP contribution is 2.25. The summed E-state index contributed by atoms with van der Waals surface area (Å²) in [4.78, 5) is 12.0. The van der Waals surface area contributed by atoms with Crippen LogP contribution in [0.25, 0.3) is 0 Å². The van der Waals surface area contributed by atoms with Crippen LogP contribution < -0.4 is 4.74 Å². The van der Waals surface area contributed by atoms with Crippen LogP contribution in [0.3, 0.4) is 0 Å². The highest BCUT2D eigenvalue weighted by Gasteiger charge is 2.11. The van der Waals surface area contributed by atoms with Crippen LogP contribution >= 0.6 is 27.5 Å². The Morgan fingerprint density at radius 1 is 1.26 bits per heavy atom. The van der Waals surface area contributed by atoms with Gasteiger partial charge in [0.15, 0.2) is 6.61 Å². The number of hydrogen-bond acceptors (Lipinski definition) is 2. The highest BCUT2D eigenvalue weighted by atomic mass is 79.9. The van der Waals surface area contributed by atoms with Crippen molar-refractivity contribution < 1.29 is 9.53 Å². The minimum absolute atomic E-state index is 0.0363. The number of ether oxygens (including phenoxy) is 1. The van der Waals surface area contributed by atoms with E-state index in [2.05, 4.69) is 15.9 Å². The summed E-state index contributed by atoms with van der Waals surface area (Å²) in [6.45, 7) is 1.91. The first-order chi connectivity index (χ1) is 9.08. The third-order valence-electron chi connectivity index (χ3n) is 2.62. The second-order valence-electron chi connectivity index (χ2n) is 4.13. The van der Waals surface area contributed by atoms with Gasteiger partial charge >= 0.3 is 0 Å². The van der Waals surface area contributed by atoms with Gasteiger partial charge in [-0.25, -0.2) is 0 Å². The van der Waals surface area contributed by atoms with E-state index in [4.69, 9.17) is 16.3 Å². The van der Waals surface area contributed by atoms with Crippen LogP contribution in [0.2, 0.25) is 5.02 Å². The zero-order chi connectivity index (χ0) is 13.8. The Bertz CT molecular complexity index is 611. The molecule has 2 aromatic rings. The normalized spacial score (nSPS) is 10.3. The van der Waals surface area contributed by atoms with E-state index >= 15 is 0 Å². The van der Waals surface area contributed by atoms with Crippen molar-refractivity contribution in [2.45, 2.75) is 6.92 Å². The van der Waals surface area contributed by atoms with Gasteiger partial charge in [0.1, 0.15) is 5.75 Å². The Morgan fingerprint density at radius 3 is 2.68 bits per heavy atom. The molecule has 0 N–H and O–H groups in total. The number of carbonyl (C=O) groups excluding carboxylic acids is 1. The van der Waals surface area contributed by atoms with E-state index in [9.17, 15) is 4.79 Å². The van der Waals surface area contributed by atoms with E-state index in [1.165, 1.54) is 0 Å². The molecule has 0 atom stereocenters. The van der Waals surface area contributed by atoms with Crippen LogP contribution in [0.5, 0.6) is 5.75 Å². The Balaban J connectivity index is 2.07. The molecule has 0 saturated carbocycles. The molecule has 0 bridgehead atoms. The average Bonchev–Trinajstić information content (AvgIpc) is 2.38. The lowest BCUT2D eigenvalue weighted by Gasteiger charge is -2.08. The number of Topliss-reactive ketones (excluding diaryl/α,β-unsaturated/α-hetero) is 1. The maximum Gasteiger partial charge on any atom is 0.201 e. The van der Waals surface area contributed by atoms with Crippen molar-refractivity contribution in [2.75, 3.05) is 6.61 Å². The number of carbonyl (C=O) groups is 1. The fourth-order valence-electron chi connectivity index (χ4n) is 1.63. The van der Waals surface area contributed by atoms with Gasteiger partial charge in [-0.15, -0.1) is 0 Å². The number of benzene rings is 2. The fourth-order valence-corrected chi connectivity index (χ4v) is 2.43. The van der Waals surface area contributed by atoms with Crippen molar-refractivity contribution in [1.82, 2.24) is 0 Å². The zero-order valence-corrected chi connectivity index (χ0v) is 12.7. The van der Waals surface area contributed by atoms with Gasteiger partial charge in [-0.2, -0.15) is 0 Å². The lowest BCUT2D eigenvalue weighted by molar-refractivity contribution is 0.0921. The Morgan fingerprint density at radius 2 is 2.00 bits per heavy atom. The van der Waals surface area contributed by atoms with E-state index in [0.717, 1.165) is 10.0 Å². The third-order valence-corrected chi connectivity index (χ3v) is 3.61. The fraction of sp³-hybridized carbons (Fsp3) is 0.133. The lowest BCUT2D eigenvalue weighted by atomic mass is 10.1. The number of rotatable bonds is 4. The molecule has 0 amide bonds. The van der Waals surface area contributed by atoms with Gasteiger partial charge < -0.3 is 4.74 Å². The summed E-state index contributed by atoms with van der Waals surface area (Å²) in [5, 5.41) is 0.514. The summed E-state index contributed by atoms with van der Waals surface area (Å²) in [5.74, 6) is 0.428. The standard InChI is InChI=1S/C15H12BrClO2/c1-10-6-7-15(13(17)8-10)19-9-14(18)11-4-2-3-5-12(11)16/h2-8H,9H2,1H3. The van der Waals surface area contributed by atoms with Gasteiger partial charge in [-0.1, -0.05) is 51.8 Å². The van der Waals surface area contributed by atoms with Crippen LogP contribution in [0.4, 0.5) is 0 Å². The van der Waals surface area contributed by atoms with Crippen molar-refractivity contribution in [3.8, 4) is 5.75 Å². The summed E-state index contributed by atoms with van der Waals surface area (Å²) >= 11 is 9.39. The second kappa shape index (κ2) is 6.22. The van der Waals surface area contributed by atoms with Crippen LogP contribution in [0, 0.1) is 6.92 Å². The molecule has 98 valence electrons. The molecule has 2 rings (SSSR count). The van der Waals surface area contributed by atoms with Crippen molar-refractivity contribution in [1.29, 1.82) is 0 Å². The van der Waals surface area contributed by atoms with Gasteiger partial charge in [0.05, 0.1) is 5.02 Å². The molecule has 0 spiro atoms. The van der Waals surface area contributed by atoms with Crippen molar-refractivity contribution in [3.05, 3.63) is 63.1 Å². The molecule has 0 unspecified atom stereocenters. The summed E-state index contributed by atoms with van der Waals surface area (Å²) in [5.41, 5.74) is 1.65. The molecule has 0 heterocycles. The zero-order valence-electron chi connectivity index (χ0n) is 10.3. The van der Waals surface area contributed by atoms with Gasteiger partial charge in [0.25, 0.3) is 0 Å². The van der Waals surface area contributed by atoms with E-state index < -0.39 is 0 Å². The molecule has 0 aliphatic heterocycles. The molecule has 0 saturated heterocycles. The van der Waals surface area contributed by atoms with Gasteiger partial charge in [0.2, 0.25) is 5.78 Å². The Hall–Kier alpha value is -1.32. The molecule has 0 fully saturated rings. The van der Waals surface area contributed by atoms with E-state index in [1.807, 2.05) is 31.2 Å². The summed E-state index contributed by atoms with van der Waals surface area (Å²) in [7, 11) is 0.